The maximum Gasteiger partial charge on any atom is 0.433 e. The van der Waals surface area contributed by atoms with E-state index >= 15 is 0 Å². The summed E-state index contributed by atoms with van der Waals surface area (Å²) in [4.78, 5) is 8.12. The Morgan fingerprint density at radius 3 is 2.38 bits per heavy atom. The molecule has 0 fully saturated rings. The van der Waals surface area contributed by atoms with E-state index in [0.29, 0.717) is 32.0 Å². The fourth-order valence-electron chi connectivity index (χ4n) is 3.02. The molecular formula is C21H10Cl3F3N4S. The van der Waals surface area contributed by atoms with Gasteiger partial charge in [0.25, 0.3) is 0 Å². The standard InChI is InChI=1S/C21H10Cl3F3N4S/c22-12-3-1-11(2-4-12)15-6-18(21(25,26)27)30-20(16(15)7-28)32-10-14-9-31-8-13(23)5-17(24)19(31)29-14/h1-6,8-9H,10H2. The summed E-state index contributed by atoms with van der Waals surface area (Å²) in [6, 6.07) is 10.6. The van der Waals surface area contributed by atoms with Crippen LogP contribution < -0.4 is 0 Å². The first-order valence-electron chi connectivity index (χ1n) is 8.89. The summed E-state index contributed by atoms with van der Waals surface area (Å²) < 4.78 is 42.2. The van der Waals surface area contributed by atoms with Crippen molar-refractivity contribution >= 4 is 52.2 Å². The zero-order valence-corrected chi connectivity index (χ0v) is 18.9. The van der Waals surface area contributed by atoms with Gasteiger partial charge in [0.15, 0.2) is 5.65 Å². The minimum absolute atomic E-state index is 0.0372. The molecule has 0 N–H and O–H groups in total. The zero-order chi connectivity index (χ0) is 23.0. The van der Waals surface area contributed by atoms with Gasteiger partial charge in [-0.15, -0.1) is 0 Å². The lowest BCUT2D eigenvalue weighted by atomic mass is 10.0. The van der Waals surface area contributed by atoms with Crippen LogP contribution >= 0.6 is 46.6 Å². The molecule has 0 aliphatic heterocycles. The van der Waals surface area contributed by atoms with Gasteiger partial charge in [0, 0.05) is 28.7 Å². The third-order valence-corrected chi connectivity index (χ3v) is 6.17. The van der Waals surface area contributed by atoms with Crippen LogP contribution in [0.25, 0.3) is 16.8 Å². The van der Waals surface area contributed by atoms with Gasteiger partial charge >= 0.3 is 6.18 Å². The average molecular weight is 514 g/mol. The molecule has 162 valence electrons. The molecule has 0 unspecified atom stereocenters. The van der Waals surface area contributed by atoms with Crippen molar-refractivity contribution in [3.05, 3.63) is 80.8 Å². The van der Waals surface area contributed by atoms with Crippen LogP contribution in [0.1, 0.15) is 17.0 Å². The second kappa shape index (κ2) is 8.83. The zero-order valence-electron chi connectivity index (χ0n) is 15.8. The van der Waals surface area contributed by atoms with Crippen molar-refractivity contribution in [3.63, 3.8) is 0 Å². The number of imidazole rings is 1. The van der Waals surface area contributed by atoms with Gasteiger partial charge in [-0.3, -0.25) is 0 Å². The topological polar surface area (TPSA) is 54.0 Å². The monoisotopic (exact) mass is 512 g/mol. The molecule has 0 aliphatic rings. The largest absolute Gasteiger partial charge is 0.433 e. The maximum absolute atomic E-state index is 13.5. The van der Waals surface area contributed by atoms with Crippen LogP contribution in [0.2, 0.25) is 15.1 Å². The van der Waals surface area contributed by atoms with E-state index in [1.807, 2.05) is 6.07 Å². The molecule has 4 nitrogen and oxygen atoms in total. The maximum atomic E-state index is 13.5. The first-order valence-corrected chi connectivity index (χ1v) is 11.0. The van der Waals surface area contributed by atoms with E-state index in [1.165, 1.54) is 0 Å². The minimum Gasteiger partial charge on any atom is -0.304 e. The number of pyridine rings is 2. The Hall–Kier alpha value is -2.44. The van der Waals surface area contributed by atoms with E-state index in [-0.39, 0.29) is 21.9 Å². The van der Waals surface area contributed by atoms with Gasteiger partial charge < -0.3 is 4.40 Å². The third-order valence-electron chi connectivity index (χ3n) is 4.42. The Kier molecular flexibility index (Phi) is 6.28. The van der Waals surface area contributed by atoms with E-state index in [2.05, 4.69) is 9.97 Å². The number of alkyl halides is 3. The molecule has 4 aromatic rings. The van der Waals surface area contributed by atoms with Gasteiger partial charge in [0.1, 0.15) is 16.8 Å². The quantitative estimate of drug-likeness (QED) is 0.265. The van der Waals surface area contributed by atoms with Gasteiger partial charge in [-0.25, -0.2) is 9.97 Å². The molecule has 1 aromatic carbocycles. The molecule has 0 aliphatic carbocycles. The molecule has 0 spiro atoms. The lowest BCUT2D eigenvalue weighted by Gasteiger charge is -2.13. The van der Waals surface area contributed by atoms with E-state index in [9.17, 15) is 18.4 Å². The summed E-state index contributed by atoms with van der Waals surface area (Å²) in [6.07, 6.45) is -1.40. The summed E-state index contributed by atoms with van der Waals surface area (Å²) in [5.74, 6) is 0.165. The number of nitrogens with zero attached hydrogens (tertiary/aromatic N) is 4. The first kappa shape index (κ1) is 22.7. The van der Waals surface area contributed by atoms with Crippen molar-refractivity contribution < 1.29 is 13.2 Å². The van der Waals surface area contributed by atoms with E-state index in [1.54, 1.807) is 47.1 Å². The third kappa shape index (κ3) is 4.66. The molecule has 4 rings (SSSR count). The van der Waals surface area contributed by atoms with Crippen LogP contribution in [0.3, 0.4) is 0 Å². The van der Waals surface area contributed by atoms with Crippen molar-refractivity contribution in [2.24, 2.45) is 0 Å². The van der Waals surface area contributed by atoms with Crippen molar-refractivity contribution in [1.29, 1.82) is 5.26 Å². The van der Waals surface area contributed by atoms with Crippen LogP contribution in [0.5, 0.6) is 0 Å². The smallest absolute Gasteiger partial charge is 0.304 e. The fourth-order valence-corrected chi connectivity index (χ4v) is 4.56. The van der Waals surface area contributed by atoms with Crippen LogP contribution in [-0.4, -0.2) is 14.4 Å². The highest BCUT2D eigenvalue weighted by molar-refractivity contribution is 7.98. The summed E-state index contributed by atoms with van der Waals surface area (Å²) in [5, 5.41) is 10.9. The highest BCUT2D eigenvalue weighted by atomic mass is 35.5. The Morgan fingerprint density at radius 1 is 1.00 bits per heavy atom. The van der Waals surface area contributed by atoms with Crippen molar-refractivity contribution in [3.8, 4) is 17.2 Å². The molecule has 11 heteroatoms. The van der Waals surface area contributed by atoms with E-state index in [0.717, 1.165) is 17.8 Å². The molecule has 3 aromatic heterocycles. The number of rotatable bonds is 4. The van der Waals surface area contributed by atoms with Crippen LogP contribution in [0, 0.1) is 11.3 Å². The number of benzene rings is 1. The number of hydrogen-bond acceptors (Lipinski definition) is 4. The molecule has 0 atom stereocenters. The molecule has 0 amide bonds. The number of fused-ring (bicyclic) bond motifs is 1. The minimum atomic E-state index is -4.68. The number of aromatic nitrogens is 3. The Morgan fingerprint density at radius 2 is 1.72 bits per heavy atom. The number of halogens is 6. The summed E-state index contributed by atoms with van der Waals surface area (Å²) in [6.45, 7) is 0. The highest BCUT2D eigenvalue weighted by Crippen LogP contribution is 2.38. The Labute approximate surface area is 199 Å². The number of thioether (sulfide) groups is 1. The molecule has 32 heavy (non-hydrogen) atoms. The van der Waals surface area contributed by atoms with E-state index in [4.69, 9.17) is 34.8 Å². The summed E-state index contributed by atoms with van der Waals surface area (Å²) in [7, 11) is 0. The molecule has 3 heterocycles. The Bertz CT molecular complexity index is 1360. The highest BCUT2D eigenvalue weighted by Gasteiger charge is 2.34. The number of hydrogen-bond donors (Lipinski definition) is 0. The van der Waals surface area contributed by atoms with Gasteiger partial charge in [-0.05, 0) is 29.8 Å². The lowest BCUT2D eigenvalue weighted by Crippen LogP contribution is -2.10. The summed E-state index contributed by atoms with van der Waals surface area (Å²) in [5.41, 5.74) is 0.499. The predicted octanol–water partition coefficient (Wildman–Crippen LogP) is 7.54. The first-order chi connectivity index (χ1) is 15.2. The van der Waals surface area contributed by atoms with Crippen molar-refractivity contribution in [1.82, 2.24) is 14.4 Å². The predicted molar refractivity (Wildman–Crippen MR) is 119 cm³/mol. The van der Waals surface area contributed by atoms with Crippen LogP contribution in [0.15, 0.2) is 53.8 Å². The second-order valence-corrected chi connectivity index (χ2v) is 8.85. The fraction of sp³-hybridized carbons (Fsp3) is 0.0952. The second-order valence-electron chi connectivity index (χ2n) is 6.61. The lowest BCUT2D eigenvalue weighted by molar-refractivity contribution is -0.141. The normalized spacial score (nSPS) is 11.7. The number of nitriles is 1. The van der Waals surface area contributed by atoms with Gasteiger partial charge in [0.2, 0.25) is 0 Å². The summed E-state index contributed by atoms with van der Waals surface area (Å²) >= 11 is 19.0. The molecule has 0 saturated heterocycles. The van der Waals surface area contributed by atoms with Crippen molar-refractivity contribution in [2.45, 2.75) is 17.0 Å². The average Bonchev–Trinajstić information content (AvgIpc) is 3.14. The SMILES string of the molecule is N#Cc1c(-c2ccc(Cl)cc2)cc(C(F)(F)F)nc1SCc1cn2cc(Cl)cc(Cl)c2n1. The van der Waals surface area contributed by atoms with E-state index < -0.39 is 11.9 Å². The Balaban J connectivity index is 1.76. The van der Waals surface area contributed by atoms with Crippen LogP contribution in [0.4, 0.5) is 13.2 Å². The van der Waals surface area contributed by atoms with Crippen molar-refractivity contribution in [2.75, 3.05) is 0 Å². The van der Waals surface area contributed by atoms with Gasteiger partial charge in [0.05, 0.1) is 21.3 Å². The molecule has 0 radical (unpaired) electrons. The molecular weight excluding hydrogens is 504 g/mol. The molecule has 0 bridgehead atoms. The van der Waals surface area contributed by atoms with Crippen LogP contribution in [-0.2, 0) is 11.9 Å². The van der Waals surface area contributed by atoms with Gasteiger partial charge in [-0.2, -0.15) is 18.4 Å². The van der Waals surface area contributed by atoms with Gasteiger partial charge in [-0.1, -0.05) is 58.7 Å². The molecule has 0 saturated carbocycles.